The van der Waals surface area contributed by atoms with Crippen molar-refractivity contribution in [3.8, 4) is 17.1 Å². The molecular formula is C23H28N4O4S. The van der Waals surface area contributed by atoms with Gasteiger partial charge >= 0.3 is 0 Å². The summed E-state index contributed by atoms with van der Waals surface area (Å²) >= 11 is 0. The quantitative estimate of drug-likeness (QED) is 0.567. The molecule has 2 aromatic heterocycles. The summed E-state index contributed by atoms with van der Waals surface area (Å²) in [6.45, 7) is 1.55. The lowest BCUT2D eigenvalue weighted by atomic mass is 9.92. The van der Waals surface area contributed by atoms with Gasteiger partial charge in [0.1, 0.15) is 0 Å². The molecule has 1 aliphatic carbocycles. The summed E-state index contributed by atoms with van der Waals surface area (Å²) in [6.07, 6.45) is 7.08. The smallest absolute Gasteiger partial charge is 0.276 e. The largest absolute Gasteiger partial charge is 0.381 e. The zero-order valence-corrected chi connectivity index (χ0v) is 19.0. The molecule has 1 saturated heterocycles. The number of nitrogens with zero attached hydrogens (tertiary/aromatic N) is 2. The molecule has 0 bridgehead atoms. The van der Waals surface area contributed by atoms with Gasteiger partial charge in [-0.1, -0.05) is 12.1 Å². The molecule has 3 aromatic rings. The van der Waals surface area contributed by atoms with Crippen LogP contribution in [0.3, 0.4) is 0 Å². The summed E-state index contributed by atoms with van der Waals surface area (Å²) in [4.78, 5) is 13.7. The van der Waals surface area contributed by atoms with Crippen molar-refractivity contribution < 1.29 is 13.2 Å². The van der Waals surface area contributed by atoms with Gasteiger partial charge in [-0.3, -0.25) is 15.0 Å². The summed E-state index contributed by atoms with van der Waals surface area (Å²) in [6, 6.07) is 8.62. The number of aromatic amines is 2. The Bertz CT molecular complexity index is 1260. The van der Waals surface area contributed by atoms with E-state index in [-0.39, 0.29) is 10.5 Å². The number of hydrogen-bond donors (Lipinski definition) is 2. The van der Waals surface area contributed by atoms with E-state index in [9.17, 15) is 13.2 Å². The number of hydrogen-bond acceptors (Lipinski definition) is 5. The molecular weight excluding hydrogens is 428 g/mol. The third-order valence-corrected chi connectivity index (χ3v) is 7.66. The van der Waals surface area contributed by atoms with Crippen LogP contribution < -0.4 is 5.56 Å². The van der Waals surface area contributed by atoms with E-state index in [1.54, 1.807) is 24.3 Å². The van der Waals surface area contributed by atoms with E-state index < -0.39 is 9.84 Å². The number of ether oxygens (including phenoxy) is 1. The molecule has 5 rings (SSSR count). The highest BCUT2D eigenvalue weighted by atomic mass is 32.2. The molecule has 0 amide bonds. The average molecular weight is 457 g/mol. The SMILES string of the molecule is CS(=O)(=O)c1ccc(-c2[nH]n(-c3cc(C4CC4)[nH]n3)c(=O)c2CCC2CCOCC2)cc1. The topological polar surface area (TPSA) is 110 Å². The van der Waals surface area contributed by atoms with E-state index in [0.717, 1.165) is 62.3 Å². The van der Waals surface area contributed by atoms with Gasteiger partial charge in [0.2, 0.25) is 0 Å². The molecule has 1 saturated carbocycles. The first-order valence-corrected chi connectivity index (χ1v) is 13.1. The lowest BCUT2D eigenvalue weighted by Crippen LogP contribution is -2.20. The number of rotatable bonds is 7. The lowest BCUT2D eigenvalue weighted by molar-refractivity contribution is 0.0640. The maximum absolute atomic E-state index is 13.4. The summed E-state index contributed by atoms with van der Waals surface area (Å²) in [7, 11) is -3.29. The van der Waals surface area contributed by atoms with Gasteiger partial charge in [-0.15, -0.1) is 0 Å². The molecule has 9 heteroatoms. The Morgan fingerprint density at radius 1 is 1.12 bits per heavy atom. The summed E-state index contributed by atoms with van der Waals surface area (Å²) in [5.41, 5.74) is 3.17. The summed E-state index contributed by atoms with van der Waals surface area (Å²) < 4.78 is 30.7. The van der Waals surface area contributed by atoms with Crippen molar-refractivity contribution in [3.05, 3.63) is 51.9 Å². The standard InChI is InChI=1S/C23H28N4O4S/c1-32(29,30)18-7-5-17(6-8-18)22-19(9-2-15-10-12-31-13-11-15)23(28)27(26-22)21-14-20(24-25-21)16-3-4-16/h5-8,14-16,26H,2-4,9-13H2,1H3,(H,24,25). The second-order valence-electron chi connectivity index (χ2n) is 8.95. The highest BCUT2D eigenvalue weighted by Gasteiger charge is 2.27. The molecule has 32 heavy (non-hydrogen) atoms. The normalized spacial score (nSPS) is 17.7. The average Bonchev–Trinajstić information content (AvgIpc) is 3.43. The number of H-pyrrole nitrogens is 2. The predicted octanol–water partition coefficient (Wildman–Crippen LogP) is 3.20. The van der Waals surface area contributed by atoms with E-state index >= 15 is 0 Å². The van der Waals surface area contributed by atoms with Gasteiger partial charge < -0.3 is 4.74 Å². The van der Waals surface area contributed by atoms with E-state index in [4.69, 9.17) is 4.74 Å². The lowest BCUT2D eigenvalue weighted by Gasteiger charge is -2.21. The number of nitrogens with one attached hydrogen (secondary N) is 2. The Labute approximate surface area is 186 Å². The first-order chi connectivity index (χ1) is 15.4. The van der Waals surface area contributed by atoms with Crippen molar-refractivity contribution >= 4 is 9.84 Å². The first-order valence-electron chi connectivity index (χ1n) is 11.2. The molecule has 3 heterocycles. The van der Waals surface area contributed by atoms with Crippen LogP contribution in [0.1, 0.15) is 49.3 Å². The molecule has 0 atom stereocenters. The second kappa shape index (κ2) is 8.37. The Balaban J connectivity index is 1.51. The third kappa shape index (κ3) is 4.31. The van der Waals surface area contributed by atoms with Crippen LogP contribution in [0.2, 0.25) is 0 Å². The molecule has 8 nitrogen and oxygen atoms in total. The molecule has 1 aliphatic heterocycles. The van der Waals surface area contributed by atoms with Gasteiger partial charge in [-0.25, -0.2) is 8.42 Å². The predicted molar refractivity (Wildman–Crippen MR) is 121 cm³/mol. The highest BCUT2D eigenvalue weighted by molar-refractivity contribution is 7.90. The second-order valence-corrected chi connectivity index (χ2v) is 11.0. The van der Waals surface area contributed by atoms with E-state index in [2.05, 4.69) is 15.3 Å². The fraction of sp³-hybridized carbons (Fsp3) is 0.478. The first kappa shape index (κ1) is 21.2. The molecule has 170 valence electrons. The molecule has 0 radical (unpaired) electrons. The Kier molecular flexibility index (Phi) is 5.54. The maximum Gasteiger partial charge on any atom is 0.276 e. The Hall–Kier alpha value is -2.65. The van der Waals surface area contributed by atoms with Crippen molar-refractivity contribution in [2.45, 2.75) is 49.3 Å². The van der Waals surface area contributed by atoms with Crippen LogP contribution in [0.4, 0.5) is 0 Å². The van der Waals surface area contributed by atoms with Crippen LogP contribution in [0.25, 0.3) is 17.1 Å². The van der Waals surface area contributed by atoms with E-state index in [0.29, 0.717) is 29.6 Å². The van der Waals surface area contributed by atoms with Crippen molar-refractivity contribution in [2.24, 2.45) is 5.92 Å². The minimum Gasteiger partial charge on any atom is -0.381 e. The summed E-state index contributed by atoms with van der Waals surface area (Å²) in [5, 5.41) is 10.7. The van der Waals surface area contributed by atoms with Crippen LogP contribution >= 0.6 is 0 Å². The fourth-order valence-electron chi connectivity index (χ4n) is 4.40. The van der Waals surface area contributed by atoms with E-state index in [1.165, 1.54) is 10.9 Å². The molecule has 0 spiro atoms. The van der Waals surface area contributed by atoms with Crippen molar-refractivity contribution in [2.75, 3.05) is 19.5 Å². The minimum absolute atomic E-state index is 0.104. The number of aromatic nitrogens is 4. The van der Waals surface area contributed by atoms with Gasteiger partial charge in [0.05, 0.1) is 10.6 Å². The number of sulfone groups is 1. The molecule has 0 unspecified atom stereocenters. The van der Waals surface area contributed by atoms with Crippen molar-refractivity contribution in [1.82, 2.24) is 20.0 Å². The van der Waals surface area contributed by atoms with Crippen molar-refractivity contribution in [1.29, 1.82) is 0 Å². The van der Waals surface area contributed by atoms with Crippen molar-refractivity contribution in [3.63, 3.8) is 0 Å². The zero-order chi connectivity index (χ0) is 22.3. The van der Waals surface area contributed by atoms with Crippen LogP contribution in [0, 0.1) is 5.92 Å². The zero-order valence-electron chi connectivity index (χ0n) is 18.1. The number of benzene rings is 1. The van der Waals surface area contributed by atoms with Gasteiger partial charge in [-0.2, -0.15) is 9.78 Å². The molecule has 2 N–H and O–H groups in total. The van der Waals surface area contributed by atoms with Gasteiger partial charge in [0, 0.05) is 42.7 Å². The van der Waals surface area contributed by atoms with Crippen LogP contribution in [-0.4, -0.2) is 47.9 Å². The van der Waals surface area contributed by atoms with Crippen LogP contribution in [0.5, 0.6) is 0 Å². The summed E-state index contributed by atoms with van der Waals surface area (Å²) in [5.74, 6) is 1.61. The minimum atomic E-state index is -3.29. The van der Waals surface area contributed by atoms with Crippen LogP contribution in [0.15, 0.2) is 40.0 Å². The molecule has 2 aliphatic rings. The Morgan fingerprint density at radius 3 is 2.50 bits per heavy atom. The monoisotopic (exact) mass is 456 g/mol. The van der Waals surface area contributed by atoms with Gasteiger partial charge in [0.25, 0.3) is 5.56 Å². The maximum atomic E-state index is 13.4. The van der Waals surface area contributed by atoms with E-state index in [1.807, 2.05) is 6.07 Å². The molecule has 2 fully saturated rings. The fourth-order valence-corrected chi connectivity index (χ4v) is 5.03. The van der Waals surface area contributed by atoms with Gasteiger partial charge in [-0.05, 0) is 62.1 Å². The van der Waals surface area contributed by atoms with Gasteiger partial charge in [0.15, 0.2) is 15.7 Å². The Morgan fingerprint density at radius 2 is 1.84 bits per heavy atom. The highest BCUT2D eigenvalue weighted by Crippen LogP contribution is 2.39. The van der Waals surface area contributed by atoms with Crippen LogP contribution in [-0.2, 0) is 21.0 Å². The molecule has 1 aromatic carbocycles. The third-order valence-electron chi connectivity index (χ3n) is 6.53.